The van der Waals surface area contributed by atoms with E-state index in [1.807, 2.05) is 0 Å². The summed E-state index contributed by atoms with van der Waals surface area (Å²) in [4.78, 5) is 10.9. The Bertz CT molecular complexity index is 301. The van der Waals surface area contributed by atoms with Gasteiger partial charge in [0.2, 0.25) is 0 Å². The molecule has 0 aliphatic heterocycles. The van der Waals surface area contributed by atoms with Gasteiger partial charge in [-0.2, -0.15) is 0 Å². The third-order valence-corrected chi connectivity index (χ3v) is 4.83. The topological polar surface area (TPSA) is 58.6 Å². The van der Waals surface area contributed by atoms with E-state index in [2.05, 4.69) is 5.32 Å². The lowest BCUT2D eigenvalue weighted by molar-refractivity contribution is -0.125. The molecular weight excluding hydrogens is 206 g/mol. The zero-order chi connectivity index (χ0) is 11.3. The van der Waals surface area contributed by atoms with Crippen molar-refractivity contribution >= 4 is 6.09 Å². The zero-order valence-corrected chi connectivity index (χ0v) is 9.61. The van der Waals surface area contributed by atoms with E-state index in [1.165, 1.54) is 12.8 Å². The van der Waals surface area contributed by atoms with Gasteiger partial charge in [-0.15, -0.1) is 0 Å². The third-order valence-electron chi connectivity index (χ3n) is 4.83. The van der Waals surface area contributed by atoms with Gasteiger partial charge in [-0.25, -0.2) is 4.79 Å². The van der Waals surface area contributed by atoms with Crippen molar-refractivity contribution in [2.24, 2.45) is 17.8 Å². The summed E-state index contributed by atoms with van der Waals surface area (Å²) in [5.74, 6) is 1.86. The molecule has 4 aliphatic rings. The summed E-state index contributed by atoms with van der Waals surface area (Å²) in [6.45, 7) is 0. The van der Waals surface area contributed by atoms with Gasteiger partial charge in [-0.1, -0.05) is 0 Å². The van der Waals surface area contributed by atoms with Gasteiger partial charge in [-0.3, -0.25) is 0 Å². The molecule has 0 aromatic carbocycles. The molecule has 0 spiro atoms. The van der Waals surface area contributed by atoms with Gasteiger partial charge in [-0.05, 0) is 49.9 Å². The molecule has 4 fully saturated rings. The van der Waals surface area contributed by atoms with Crippen molar-refractivity contribution in [3.05, 3.63) is 0 Å². The molecule has 0 radical (unpaired) electrons. The number of rotatable bonds is 2. The molecule has 0 aromatic rings. The van der Waals surface area contributed by atoms with E-state index in [0.29, 0.717) is 17.9 Å². The summed E-state index contributed by atoms with van der Waals surface area (Å²) in [5, 5.41) is 11.7. The van der Waals surface area contributed by atoms with E-state index in [-0.39, 0.29) is 5.54 Å². The number of hydrogen-bond acceptors (Lipinski definition) is 2. The van der Waals surface area contributed by atoms with Gasteiger partial charge in [0.1, 0.15) is 0 Å². The monoisotopic (exact) mass is 225 g/mol. The molecule has 4 rings (SSSR count). The van der Waals surface area contributed by atoms with Crippen LogP contribution in [0.15, 0.2) is 0 Å². The van der Waals surface area contributed by atoms with Crippen molar-refractivity contribution in [2.45, 2.75) is 43.7 Å². The van der Waals surface area contributed by atoms with Gasteiger partial charge < -0.3 is 15.2 Å². The van der Waals surface area contributed by atoms with Crippen LogP contribution in [0.5, 0.6) is 0 Å². The lowest BCUT2D eigenvalue weighted by Gasteiger charge is -2.59. The first kappa shape index (κ1) is 10.4. The number of methoxy groups -OCH3 is 1. The van der Waals surface area contributed by atoms with Crippen LogP contribution in [-0.4, -0.2) is 30.0 Å². The summed E-state index contributed by atoms with van der Waals surface area (Å²) in [7, 11) is 1.80. The van der Waals surface area contributed by atoms with Crippen molar-refractivity contribution in [1.29, 1.82) is 0 Å². The highest BCUT2D eigenvalue weighted by molar-refractivity contribution is 5.65. The Morgan fingerprint density at radius 1 is 1.31 bits per heavy atom. The average molecular weight is 225 g/mol. The Balaban J connectivity index is 1.83. The molecule has 4 nitrogen and oxygen atoms in total. The predicted octanol–water partition coefficient (Wildman–Crippen LogP) is 1.85. The van der Waals surface area contributed by atoms with Gasteiger partial charge in [0.25, 0.3) is 0 Å². The SMILES string of the molecule is COC1C2CC3CC1CC(NC(=O)O)(C3)C2. The minimum atomic E-state index is -0.865. The molecule has 0 aromatic heterocycles. The number of carboxylic acid groups (broad SMARTS) is 1. The molecule has 2 N–H and O–H groups in total. The van der Waals surface area contributed by atoms with E-state index in [9.17, 15) is 4.79 Å². The van der Waals surface area contributed by atoms with Crippen LogP contribution in [0.3, 0.4) is 0 Å². The highest BCUT2D eigenvalue weighted by Gasteiger charge is 2.56. The van der Waals surface area contributed by atoms with Crippen LogP contribution in [0.1, 0.15) is 32.1 Å². The quantitative estimate of drug-likeness (QED) is 0.754. The number of amides is 1. The number of ether oxygens (including phenoxy) is 1. The number of nitrogens with one attached hydrogen (secondary N) is 1. The first-order valence-corrected chi connectivity index (χ1v) is 6.16. The van der Waals surface area contributed by atoms with Crippen molar-refractivity contribution in [3.8, 4) is 0 Å². The molecule has 4 heteroatoms. The van der Waals surface area contributed by atoms with Gasteiger partial charge >= 0.3 is 6.09 Å². The van der Waals surface area contributed by atoms with Crippen LogP contribution in [0, 0.1) is 17.8 Å². The average Bonchev–Trinajstić information content (AvgIpc) is 2.13. The third kappa shape index (κ3) is 1.43. The van der Waals surface area contributed by atoms with Gasteiger partial charge in [0.15, 0.2) is 0 Å². The van der Waals surface area contributed by atoms with Crippen LogP contribution in [-0.2, 0) is 4.74 Å². The van der Waals surface area contributed by atoms with Crippen molar-refractivity contribution in [3.63, 3.8) is 0 Å². The molecule has 2 unspecified atom stereocenters. The fraction of sp³-hybridized carbons (Fsp3) is 0.917. The fourth-order valence-electron chi connectivity index (χ4n) is 4.74. The van der Waals surface area contributed by atoms with E-state index >= 15 is 0 Å². The molecule has 16 heavy (non-hydrogen) atoms. The Hall–Kier alpha value is -0.770. The van der Waals surface area contributed by atoms with E-state index < -0.39 is 6.09 Å². The lowest BCUT2D eigenvalue weighted by Crippen LogP contribution is -2.63. The van der Waals surface area contributed by atoms with Crippen LogP contribution < -0.4 is 5.32 Å². The maximum Gasteiger partial charge on any atom is 0.405 e. The van der Waals surface area contributed by atoms with Crippen LogP contribution >= 0.6 is 0 Å². The molecule has 4 saturated carbocycles. The van der Waals surface area contributed by atoms with Crippen LogP contribution in [0.4, 0.5) is 4.79 Å². The normalized spacial score (nSPS) is 49.3. The zero-order valence-electron chi connectivity index (χ0n) is 9.61. The highest BCUT2D eigenvalue weighted by atomic mass is 16.5. The molecule has 4 bridgehead atoms. The van der Waals surface area contributed by atoms with Gasteiger partial charge in [0, 0.05) is 12.6 Å². The largest absolute Gasteiger partial charge is 0.465 e. The predicted molar refractivity (Wildman–Crippen MR) is 58.2 cm³/mol. The lowest BCUT2D eigenvalue weighted by atomic mass is 9.51. The first-order valence-electron chi connectivity index (χ1n) is 6.16. The molecule has 0 saturated heterocycles. The Kier molecular flexibility index (Phi) is 2.18. The second-order valence-corrected chi connectivity index (χ2v) is 5.88. The summed E-state index contributed by atoms with van der Waals surface area (Å²) in [6, 6.07) is 0. The Labute approximate surface area is 95.4 Å². The smallest absolute Gasteiger partial charge is 0.405 e. The van der Waals surface area contributed by atoms with E-state index in [1.54, 1.807) is 7.11 Å². The Morgan fingerprint density at radius 2 is 1.94 bits per heavy atom. The summed E-state index contributed by atoms with van der Waals surface area (Å²) in [6.07, 6.45) is 4.98. The van der Waals surface area contributed by atoms with Crippen LogP contribution in [0.25, 0.3) is 0 Å². The standard InChI is InChI=1S/C12H19NO3/c1-16-10-8-2-7-3-9(10)6-12(4-7,5-8)13-11(14)15/h7-10,13H,2-6H2,1H3,(H,14,15). The fourth-order valence-corrected chi connectivity index (χ4v) is 4.74. The highest BCUT2D eigenvalue weighted by Crippen LogP contribution is 2.56. The maximum atomic E-state index is 10.9. The summed E-state index contributed by atoms with van der Waals surface area (Å²) >= 11 is 0. The minimum Gasteiger partial charge on any atom is -0.465 e. The Morgan fingerprint density at radius 3 is 2.44 bits per heavy atom. The number of carbonyl (C=O) groups is 1. The van der Waals surface area contributed by atoms with Gasteiger partial charge in [0.05, 0.1) is 6.10 Å². The molecule has 90 valence electrons. The van der Waals surface area contributed by atoms with Crippen molar-refractivity contribution < 1.29 is 14.6 Å². The van der Waals surface area contributed by atoms with E-state index in [0.717, 1.165) is 25.2 Å². The summed E-state index contributed by atoms with van der Waals surface area (Å²) < 4.78 is 5.60. The van der Waals surface area contributed by atoms with Crippen molar-refractivity contribution in [2.75, 3.05) is 7.11 Å². The molecule has 2 atom stereocenters. The second kappa shape index (κ2) is 3.36. The molecule has 4 aliphatic carbocycles. The first-order chi connectivity index (χ1) is 7.62. The number of hydrogen-bond donors (Lipinski definition) is 2. The minimum absolute atomic E-state index is 0.128. The maximum absolute atomic E-state index is 10.9. The molecule has 0 heterocycles. The second-order valence-electron chi connectivity index (χ2n) is 5.88. The van der Waals surface area contributed by atoms with Crippen molar-refractivity contribution in [1.82, 2.24) is 5.32 Å². The van der Waals surface area contributed by atoms with E-state index in [4.69, 9.17) is 9.84 Å². The molecular formula is C12H19NO3. The molecule has 1 amide bonds. The van der Waals surface area contributed by atoms with Crippen LogP contribution in [0.2, 0.25) is 0 Å². The summed E-state index contributed by atoms with van der Waals surface area (Å²) in [5.41, 5.74) is -0.128.